The van der Waals surface area contributed by atoms with Gasteiger partial charge in [0, 0.05) is 0 Å². The average Bonchev–Trinajstić information content (AvgIpc) is 2.41. The molecule has 2 nitrogen and oxygen atoms in total. The van der Waals surface area contributed by atoms with Gasteiger partial charge in [0.25, 0.3) is 0 Å². The van der Waals surface area contributed by atoms with E-state index in [1.807, 2.05) is 37.3 Å². The Morgan fingerprint density at radius 1 is 0.947 bits per heavy atom. The summed E-state index contributed by atoms with van der Waals surface area (Å²) in [7, 11) is 1.63. The van der Waals surface area contributed by atoms with Crippen LogP contribution in [-0.2, 0) is 5.54 Å². The summed E-state index contributed by atoms with van der Waals surface area (Å²) >= 11 is 12.0. The van der Waals surface area contributed by atoms with Gasteiger partial charge in [0.15, 0.2) is 0 Å². The molecule has 0 aliphatic heterocycles. The number of nitrogens with two attached hydrogens (primary N) is 1. The van der Waals surface area contributed by atoms with E-state index in [1.165, 1.54) is 0 Å². The highest BCUT2D eigenvalue weighted by Crippen LogP contribution is 2.32. The summed E-state index contributed by atoms with van der Waals surface area (Å²) in [6.45, 7) is 1.94. The van der Waals surface area contributed by atoms with E-state index in [-0.39, 0.29) is 0 Å². The summed E-state index contributed by atoms with van der Waals surface area (Å²) in [6.07, 6.45) is 0. The Hall–Kier alpha value is -1.22. The number of hydrogen-bond donors (Lipinski definition) is 1. The minimum absolute atomic E-state index is 0.504. The monoisotopic (exact) mass is 295 g/mol. The molecular weight excluding hydrogens is 281 g/mol. The number of benzene rings is 2. The van der Waals surface area contributed by atoms with E-state index in [0.717, 1.165) is 16.9 Å². The summed E-state index contributed by atoms with van der Waals surface area (Å²) < 4.78 is 5.14. The topological polar surface area (TPSA) is 35.2 Å². The van der Waals surface area contributed by atoms with Crippen LogP contribution < -0.4 is 10.5 Å². The second kappa shape index (κ2) is 5.41. The number of ether oxygens (including phenoxy) is 1. The fraction of sp³-hybridized carbons (Fsp3) is 0.200. The molecule has 0 aliphatic rings. The first-order valence-corrected chi connectivity index (χ1v) is 6.59. The van der Waals surface area contributed by atoms with Crippen molar-refractivity contribution < 1.29 is 4.74 Å². The van der Waals surface area contributed by atoms with E-state index in [9.17, 15) is 0 Å². The van der Waals surface area contributed by atoms with Crippen LogP contribution in [0.4, 0.5) is 0 Å². The van der Waals surface area contributed by atoms with Crippen molar-refractivity contribution in [2.75, 3.05) is 7.11 Å². The third kappa shape index (κ3) is 2.86. The quantitative estimate of drug-likeness (QED) is 0.920. The molecule has 0 saturated heterocycles. The lowest BCUT2D eigenvalue weighted by Gasteiger charge is -2.26. The smallest absolute Gasteiger partial charge is 0.118 e. The molecule has 0 aromatic heterocycles. The summed E-state index contributed by atoms with van der Waals surface area (Å²) in [6, 6.07) is 13.1. The summed E-state index contributed by atoms with van der Waals surface area (Å²) in [5.41, 5.74) is 7.68. The van der Waals surface area contributed by atoms with Crippen molar-refractivity contribution in [2.24, 2.45) is 5.73 Å². The molecule has 4 heteroatoms. The van der Waals surface area contributed by atoms with Gasteiger partial charge in [0.2, 0.25) is 0 Å². The standard InChI is InChI=1S/C15H15Cl2NO/c1-15(18,10-3-6-12(19-2)7-4-10)11-5-8-13(16)14(17)9-11/h3-9H,18H2,1-2H3. The van der Waals surface area contributed by atoms with Gasteiger partial charge in [0.05, 0.1) is 22.7 Å². The van der Waals surface area contributed by atoms with Crippen LogP contribution in [0.15, 0.2) is 42.5 Å². The van der Waals surface area contributed by atoms with Crippen LogP contribution in [0.2, 0.25) is 10.0 Å². The molecule has 0 radical (unpaired) electrons. The van der Waals surface area contributed by atoms with Crippen LogP contribution >= 0.6 is 23.2 Å². The van der Waals surface area contributed by atoms with E-state index in [1.54, 1.807) is 19.2 Å². The van der Waals surface area contributed by atoms with Gasteiger partial charge in [-0.2, -0.15) is 0 Å². The van der Waals surface area contributed by atoms with Crippen LogP contribution in [-0.4, -0.2) is 7.11 Å². The molecular formula is C15H15Cl2NO. The van der Waals surface area contributed by atoms with Gasteiger partial charge < -0.3 is 10.5 Å². The highest BCUT2D eigenvalue weighted by molar-refractivity contribution is 6.42. The Morgan fingerprint density at radius 2 is 1.53 bits per heavy atom. The average molecular weight is 296 g/mol. The van der Waals surface area contributed by atoms with Crippen molar-refractivity contribution in [3.05, 3.63) is 63.6 Å². The molecule has 2 aromatic rings. The van der Waals surface area contributed by atoms with Crippen LogP contribution in [0, 0.1) is 0 Å². The lowest BCUT2D eigenvalue weighted by atomic mass is 9.86. The summed E-state index contributed by atoms with van der Waals surface area (Å²) in [5, 5.41) is 1.03. The van der Waals surface area contributed by atoms with Crippen molar-refractivity contribution in [3.63, 3.8) is 0 Å². The maximum atomic E-state index is 6.43. The van der Waals surface area contributed by atoms with Gasteiger partial charge in [-0.3, -0.25) is 0 Å². The number of halogens is 2. The molecule has 1 unspecified atom stereocenters. The largest absolute Gasteiger partial charge is 0.497 e. The zero-order chi connectivity index (χ0) is 14.0. The number of rotatable bonds is 3. The zero-order valence-corrected chi connectivity index (χ0v) is 12.3. The zero-order valence-electron chi connectivity index (χ0n) is 10.8. The Labute approximate surface area is 123 Å². The van der Waals surface area contributed by atoms with E-state index in [4.69, 9.17) is 33.7 Å². The molecule has 0 fully saturated rings. The second-order valence-electron chi connectivity index (χ2n) is 4.56. The predicted molar refractivity (Wildman–Crippen MR) is 80.1 cm³/mol. The van der Waals surface area contributed by atoms with Crippen LogP contribution in [0.5, 0.6) is 5.75 Å². The van der Waals surface area contributed by atoms with E-state index < -0.39 is 5.54 Å². The molecule has 0 saturated carbocycles. The molecule has 0 amide bonds. The van der Waals surface area contributed by atoms with Crippen molar-refractivity contribution in [1.29, 1.82) is 0 Å². The second-order valence-corrected chi connectivity index (χ2v) is 5.37. The summed E-state index contributed by atoms with van der Waals surface area (Å²) in [5.74, 6) is 0.800. The van der Waals surface area contributed by atoms with Gasteiger partial charge >= 0.3 is 0 Å². The lowest BCUT2D eigenvalue weighted by Crippen LogP contribution is -2.34. The molecule has 2 N–H and O–H groups in total. The molecule has 19 heavy (non-hydrogen) atoms. The van der Waals surface area contributed by atoms with Crippen LogP contribution in [0.1, 0.15) is 18.1 Å². The van der Waals surface area contributed by atoms with E-state index in [0.29, 0.717) is 10.0 Å². The molecule has 2 rings (SSSR count). The third-order valence-corrected chi connectivity index (χ3v) is 3.95. The Bertz CT molecular complexity index is 579. The fourth-order valence-electron chi connectivity index (χ4n) is 1.92. The third-order valence-electron chi connectivity index (χ3n) is 3.21. The predicted octanol–water partition coefficient (Wildman–Crippen LogP) is 4.22. The maximum absolute atomic E-state index is 6.43. The van der Waals surface area contributed by atoms with Gasteiger partial charge in [0.1, 0.15) is 5.75 Å². The van der Waals surface area contributed by atoms with Crippen molar-refractivity contribution in [2.45, 2.75) is 12.5 Å². The highest BCUT2D eigenvalue weighted by Gasteiger charge is 2.24. The first-order chi connectivity index (χ1) is 8.95. The van der Waals surface area contributed by atoms with Crippen LogP contribution in [0.3, 0.4) is 0 Å². The highest BCUT2D eigenvalue weighted by atomic mass is 35.5. The number of methoxy groups -OCH3 is 1. The van der Waals surface area contributed by atoms with Gasteiger partial charge in [-0.1, -0.05) is 41.4 Å². The van der Waals surface area contributed by atoms with Gasteiger partial charge in [-0.15, -0.1) is 0 Å². The fourth-order valence-corrected chi connectivity index (χ4v) is 2.22. The van der Waals surface area contributed by atoms with E-state index in [2.05, 4.69) is 0 Å². The Balaban J connectivity index is 2.41. The minimum Gasteiger partial charge on any atom is -0.497 e. The van der Waals surface area contributed by atoms with Crippen molar-refractivity contribution >= 4 is 23.2 Å². The molecule has 0 spiro atoms. The number of hydrogen-bond acceptors (Lipinski definition) is 2. The molecule has 1 atom stereocenters. The molecule has 0 heterocycles. The first-order valence-electron chi connectivity index (χ1n) is 5.84. The Morgan fingerprint density at radius 3 is 2.05 bits per heavy atom. The van der Waals surface area contributed by atoms with Gasteiger partial charge in [-0.25, -0.2) is 0 Å². The first kappa shape index (κ1) is 14.2. The Kier molecular flexibility index (Phi) is 4.04. The summed E-state index contributed by atoms with van der Waals surface area (Å²) in [4.78, 5) is 0. The SMILES string of the molecule is COc1ccc(C(C)(N)c2ccc(Cl)c(Cl)c2)cc1. The minimum atomic E-state index is -0.638. The van der Waals surface area contributed by atoms with Crippen LogP contribution in [0.25, 0.3) is 0 Å². The molecule has 0 aliphatic carbocycles. The lowest BCUT2D eigenvalue weighted by molar-refractivity contribution is 0.414. The molecule has 2 aromatic carbocycles. The van der Waals surface area contributed by atoms with Crippen molar-refractivity contribution in [1.82, 2.24) is 0 Å². The van der Waals surface area contributed by atoms with E-state index >= 15 is 0 Å². The molecule has 0 bridgehead atoms. The van der Waals surface area contributed by atoms with Gasteiger partial charge in [-0.05, 0) is 42.3 Å². The normalized spacial score (nSPS) is 13.9. The van der Waals surface area contributed by atoms with Crippen molar-refractivity contribution in [3.8, 4) is 5.75 Å². The molecule has 100 valence electrons. The maximum Gasteiger partial charge on any atom is 0.118 e.